The summed E-state index contributed by atoms with van der Waals surface area (Å²) in [7, 11) is 0. The Kier molecular flexibility index (Phi) is 6.90. The molecule has 1 heterocycles. The Morgan fingerprint density at radius 3 is 2.54 bits per heavy atom. The van der Waals surface area contributed by atoms with Gasteiger partial charge in [0.05, 0.1) is 6.54 Å². The molecule has 0 atom stereocenters. The molecule has 0 aliphatic rings. The molecule has 0 bridgehead atoms. The fourth-order valence-electron chi connectivity index (χ4n) is 2.24. The van der Waals surface area contributed by atoms with Crippen LogP contribution in [0.3, 0.4) is 0 Å². The van der Waals surface area contributed by atoms with Gasteiger partial charge in [0.1, 0.15) is 6.54 Å². The number of nitrogens with one attached hydrogen (secondary N) is 1. The molecular weight excluding hydrogens is 338 g/mol. The molecule has 0 radical (unpaired) electrons. The van der Waals surface area contributed by atoms with Crippen molar-refractivity contribution in [1.82, 2.24) is 14.5 Å². The lowest BCUT2D eigenvalue weighted by Gasteiger charge is -2.10. The van der Waals surface area contributed by atoms with Crippen molar-refractivity contribution in [2.75, 3.05) is 13.2 Å². The maximum atomic E-state index is 12.4. The van der Waals surface area contributed by atoms with E-state index < -0.39 is 36.3 Å². The molecule has 8 heteroatoms. The maximum absolute atomic E-state index is 12.4. The number of esters is 1. The van der Waals surface area contributed by atoms with Crippen molar-refractivity contribution in [3.05, 3.63) is 69.0 Å². The molecule has 0 saturated heterocycles. The summed E-state index contributed by atoms with van der Waals surface area (Å²) in [5, 5.41) is 2.56. The Labute approximate surface area is 150 Å². The molecule has 0 aliphatic carbocycles. The van der Waals surface area contributed by atoms with Crippen molar-refractivity contribution in [3.63, 3.8) is 0 Å². The average Bonchev–Trinajstić information content (AvgIpc) is 2.65. The van der Waals surface area contributed by atoms with Gasteiger partial charge < -0.3 is 10.1 Å². The summed E-state index contributed by atoms with van der Waals surface area (Å²) < 4.78 is 6.93. The largest absolute Gasteiger partial charge is 0.454 e. The molecule has 26 heavy (non-hydrogen) atoms. The molecule has 0 spiro atoms. The Morgan fingerprint density at radius 2 is 1.85 bits per heavy atom. The molecule has 1 N–H and O–H groups in total. The molecule has 8 nitrogen and oxygen atoms in total. The minimum Gasteiger partial charge on any atom is -0.454 e. The number of benzene rings is 1. The van der Waals surface area contributed by atoms with Crippen LogP contribution in [0.4, 0.5) is 0 Å². The van der Waals surface area contributed by atoms with Crippen molar-refractivity contribution >= 4 is 11.9 Å². The van der Waals surface area contributed by atoms with Crippen LogP contribution in [-0.2, 0) is 27.4 Å². The Morgan fingerprint density at radius 1 is 1.12 bits per heavy atom. The number of rotatable bonds is 8. The second-order valence-electron chi connectivity index (χ2n) is 5.65. The number of carbonyl (C=O) groups excluding carboxylic acids is 2. The number of aromatic nitrogens is 2. The van der Waals surface area contributed by atoms with Crippen molar-refractivity contribution in [2.24, 2.45) is 0 Å². The zero-order chi connectivity index (χ0) is 18.9. The predicted molar refractivity (Wildman–Crippen MR) is 94.8 cm³/mol. The van der Waals surface area contributed by atoms with Crippen LogP contribution >= 0.6 is 0 Å². The van der Waals surface area contributed by atoms with Gasteiger partial charge in [-0.1, -0.05) is 37.3 Å². The van der Waals surface area contributed by atoms with Crippen LogP contribution in [0.25, 0.3) is 0 Å². The number of hydrogen-bond acceptors (Lipinski definition) is 5. The molecule has 138 valence electrons. The molecule has 0 fully saturated rings. The van der Waals surface area contributed by atoms with Crippen molar-refractivity contribution < 1.29 is 14.3 Å². The first-order valence-corrected chi connectivity index (χ1v) is 8.27. The van der Waals surface area contributed by atoms with E-state index in [1.807, 2.05) is 37.3 Å². The first-order chi connectivity index (χ1) is 12.5. The van der Waals surface area contributed by atoms with Gasteiger partial charge >= 0.3 is 11.7 Å². The summed E-state index contributed by atoms with van der Waals surface area (Å²) in [5.74, 6) is -1.25. The molecule has 1 aromatic heterocycles. The number of amides is 1. The van der Waals surface area contributed by atoms with E-state index in [4.69, 9.17) is 4.74 Å². The van der Waals surface area contributed by atoms with Crippen LogP contribution in [-0.4, -0.2) is 34.2 Å². The van der Waals surface area contributed by atoms with Gasteiger partial charge in [-0.05, 0) is 12.0 Å². The van der Waals surface area contributed by atoms with Crippen LogP contribution < -0.4 is 16.6 Å². The van der Waals surface area contributed by atoms with E-state index >= 15 is 0 Å². The van der Waals surface area contributed by atoms with E-state index in [0.29, 0.717) is 6.54 Å². The van der Waals surface area contributed by atoms with Gasteiger partial charge in [-0.3, -0.25) is 19.0 Å². The van der Waals surface area contributed by atoms with Crippen LogP contribution in [0, 0.1) is 0 Å². The second kappa shape index (κ2) is 9.36. The quantitative estimate of drug-likeness (QED) is 0.675. The second-order valence-corrected chi connectivity index (χ2v) is 5.65. The van der Waals surface area contributed by atoms with Crippen molar-refractivity contribution in [3.8, 4) is 0 Å². The average molecular weight is 359 g/mol. The maximum Gasteiger partial charge on any atom is 0.331 e. The van der Waals surface area contributed by atoms with Gasteiger partial charge in [0.2, 0.25) is 0 Å². The highest BCUT2D eigenvalue weighted by Gasteiger charge is 2.12. The van der Waals surface area contributed by atoms with E-state index in [9.17, 15) is 19.2 Å². The highest BCUT2D eigenvalue weighted by molar-refractivity contribution is 5.80. The van der Waals surface area contributed by atoms with E-state index in [1.54, 1.807) is 0 Å². The van der Waals surface area contributed by atoms with Gasteiger partial charge in [-0.15, -0.1) is 0 Å². The van der Waals surface area contributed by atoms with Gasteiger partial charge in [0.25, 0.3) is 11.5 Å². The molecule has 1 aromatic carbocycles. The van der Waals surface area contributed by atoms with Crippen LogP contribution in [0.15, 0.2) is 52.2 Å². The summed E-state index contributed by atoms with van der Waals surface area (Å²) in [5.41, 5.74) is -0.338. The van der Waals surface area contributed by atoms with Crippen LogP contribution in [0.2, 0.25) is 0 Å². The lowest BCUT2D eigenvalue weighted by Crippen LogP contribution is -2.41. The smallest absolute Gasteiger partial charge is 0.331 e. The molecule has 2 aromatic rings. The fraction of sp³-hybridized carbons (Fsp3) is 0.333. The van der Waals surface area contributed by atoms with Gasteiger partial charge in [-0.25, -0.2) is 9.36 Å². The number of nitrogens with zero attached hydrogens (tertiary/aromatic N) is 2. The Balaban J connectivity index is 2.06. The fourth-order valence-corrected chi connectivity index (χ4v) is 2.24. The third-order valence-electron chi connectivity index (χ3n) is 3.56. The summed E-state index contributed by atoms with van der Waals surface area (Å²) >= 11 is 0. The van der Waals surface area contributed by atoms with E-state index in [1.165, 1.54) is 16.8 Å². The minimum atomic E-state index is -0.826. The number of ether oxygens (including phenoxy) is 1. The van der Waals surface area contributed by atoms with Crippen molar-refractivity contribution in [1.29, 1.82) is 0 Å². The minimum absolute atomic E-state index is 0.272. The predicted octanol–water partition coefficient (Wildman–Crippen LogP) is 0.128. The topological polar surface area (TPSA) is 99.4 Å². The molecule has 2 rings (SSSR count). The number of carbonyl (C=O) groups is 2. The first-order valence-electron chi connectivity index (χ1n) is 8.27. The van der Waals surface area contributed by atoms with E-state index in [2.05, 4.69) is 5.32 Å². The Bertz CT molecular complexity index is 870. The standard InChI is InChI=1S/C18H21N3O5/c1-2-9-19-15(22)13-26-17(24)12-21-16(23)8-10-20(18(21)25)11-14-6-4-3-5-7-14/h3-8,10H,2,9,11-13H2,1H3,(H,19,22). The lowest BCUT2D eigenvalue weighted by atomic mass is 10.2. The molecular formula is C18H21N3O5. The summed E-state index contributed by atoms with van der Waals surface area (Å²) in [6.45, 7) is 1.66. The molecule has 0 unspecified atom stereocenters. The van der Waals surface area contributed by atoms with E-state index in [-0.39, 0.29) is 6.54 Å². The highest BCUT2D eigenvalue weighted by Crippen LogP contribution is 1.99. The van der Waals surface area contributed by atoms with Gasteiger partial charge in [0.15, 0.2) is 6.61 Å². The number of hydrogen-bond donors (Lipinski definition) is 1. The first kappa shape index (κ1) is 19.2. The SMILES string of the molecule is CCCNC(=O)COC(=O)Cn1c(=O)ccn(Cc2ccccc2)c1=O. The van der Waals surface area contributed by atoms with Crippen LogP contribution in [0.1, 0.15) is 18.9 Å². The molecule has 0 aliphatic heterocycles. The summed E-state index contributed by atoms with van der Waals surface area (Å²) in [6.07, 6.45) is 2.15. The third kappa shape index (κ3) is 5.44. The van der Waals surface area contributed by atoms with Crippen molar-refractivity contribution in [2.45, 2.75) is 26.4 Å². The molecule has 0 saturated carbocycles. The zero-order valence-electron chi connectivity index (χ0n) is 14.5. The van der Waals surface area contributed by atoms with Gasteiger partial charge in [-0.2, -0.15) is 0 Å². The monoisotopic (exact) mass is 359 g/mol. The Hall–Kier alpha value is -3.16. The summed E-state index contributed by atoms with van der Waals surface area (Å²) in [6, 6.07) is 10.5. The highest BCUT2D eigenvalue weighted by atomic mass is 16.5. The summed E-state index contributed by atoms with van der Waals surface area (Å²) in [4.78, 5) is 47.7. The third-order valence-corrected chi connectivity index (χ3v) is 3.56. The van der Waals surface area contributed by atoms with Gasteiger partial charge in [0, 0.05) is 18.8 Å². The zero-order valence-corrected chi connectivity index (χ0v) is 14.5. The normalized spacial score (nSPS) is 10.3. The lowest BCUT2D eigenvalue weighted by molar-refractivity contribution is -0.149. The molecule has 1 amide bonds. The van der Waals surface area contributed by atoms with E-state index in [0.717, 1.165) is 16.6 Å². The van der Waals surface area contributed by atoms with Crippen LogP contribution in [0.5, 0.6) is 0 Å².